The van der Waals surface area contributed by atoms with Gasteiger partial charge in [-0.05, 0) is 49.3 Å². The number of amides is 1. The molecule has 4 nitrogen and oxygen atoms in total. The number of aromatic nitrogens is 1. The number of hydrogen-bond acceptors (Lipinski definition) is 2. The van der Waals surface area contributed by atoms with E-state index in [-0.39, 0.29) is 17.5 Å². The first kappa shape index (κ1) is 14.2. The first-order valence-electron chi connectivity index (χ1n) is 8.35. The Labute approximate surface area is 135 Å². The molecule has 0 saturated carbocycles. The first-order chi connectivity index (χ1) is 11.2. The van der Waals surface area contributed by atoms with Gasteiger partial charge in [-0.25, -0.2) is 0 Å². The predicted molar refractivity (Wildman–Crippen MR) is 88.5 cm³/mol. The molecule has 2 heterocycles. The highest BCUT2D eigenvalue weighted by Crippen LogP contribution is 2.33. The minimum atomic E-state index is -0.241. The number of carbonyl (C=O) groups is 1. The van der Waals surface area contributed by atoms with Crippen LogP contribution in [-0.4, -0.2) is 22.3 Å². The van der Waals surface area contributed by atoms with E-state index in [9.17, 15) is 9.59 Å². The summed E-state index contributed by atoms with van der Waals surface area (Å²) in [6, 6.07) is 12.0. The van der Waals surface area contributed by atoms with Gasteiger partial charge in [-0.3, -0.25) is 9.59 Å². The van der Waals surface area contributed by atoms with Crippen LogP contribution in [0.1, 0.15) is 52.5 Å². The molecule has 1 aromatic carbocycles. The summed E-state index contributed by atoms with van der Waals surface area (Å²) in [5.41, 5.74) is 3.34. The van der Waals surface area contributed by atoms with Gasteiger partial charge < -0.3 is 9.88 Å². The molecule has 1 amide bonds. The number of aromatic amines is 1. The number of pyridine rings is 1. The summed E-state index contributed by atoms with van der Waals surface area (Å²) in [6.45, 7) is 0.717. The topological polar surface area (TPSA) is 53.2 Å². The van der Waals surface area contributed by atoms with Gasteiger partial charge in [-0.15, -0.1) is 0 Å². The smallest absolute Gasteiger partial charge is 0.261 e. The lowest BCUT2D eigenvalue weighted by Gasteiger charge is -2.25. The summed E-state index contributed by atoms with van der Waals surface area (Å²) in [4.78, 5) is 30.0. The molecule has 1 saturated heterocycles. The van der Waals surface area contributed by atoms with E-state index >= 15 is 0 Å². The molecule has 0 spiro atoms. The summed E-state index contributed by atoms with van der Waals surface area (Å²) in [6.07, 6.45) is 4.86. The Balaban J connectivity index is 1.68. The van der Waals surface area contributed by atoms with Gasteiger partial charge in [0.15, 0.2) is 0 Å². The van der Waals surface area contributed by atoms with Crippen LogP contribution in [-0.2, 0) is 12.8 Å². The van der Waals surface area contributed by atoms with E-state index in [1.54, 1.807) is 0 Å². The van der Waals surface area contributed by atoms with E-state index in [1.165, 1.54) is 0 Å². The maximum Gasteiger partial charge on any atom is 0.261 e. The maximum absolute atomic E-state index is 13.0. The molecule has 2 aliphatic rings. The Hall–Kier alpha value is -2.36. The van der Waals surface area contributed by atoms with Crippen molar-refractivity contribution in [3.63, 3.8) is 0 Å². The summed E-state index contributed by atoms with van der Waals surface area (Å²) < 4.78 is 0. The van der Waals surface area contributed by atoms with Gasteiger partial charge in [0.1, 0.15) is 5.56 Å². The van der Waals surface area contributed by atoms with E-state index in [0.29, 0.717) is 5.56 Å². The molecule has 1 aliphatic heterocycles. The molecule has 0 unspecified atom stereocenters. The molecular weight excluding hydrogens is 288 g/mol. The number of rotatable bonds is 2. The number of likely N-dealkylation sites (tertiary alicyclic amines) is 1. The SMILES string of the molecule is O=C(c1cc2c([nH]c1=O)CCC2)N1CCC[C@@H]1c1ccccc1. The van der Waals surface area contributed by atoms with Crippen LogP contribution >= 0.6 is 0 Å². The standard InChI is InChI=1S/C19H20N2O2/c22-18-15(12-14-8-4-9-16(14)20-18)19(23)21-11-5-10-17(21)13-6-2-1-3-7-13/h1-3,6-7,12,17H,4-5,8-11H2,(H,20,22)/t17-/m1/s1. The van der Waals surface area contributed by atoms with E-state index in [4.69, 9.17) is 0 Å². The van der Waals surface area contributed by atoms with E-state index in [2.05, 4.69) is 17.1 Å². The first-order valence-corrected chi connectivity index (χ1v) is 8.35. The number of nitrogens with one attached hydrogen (secondary N) is 1. The number of carbonyl (C=O) groups excluding carboxylic acids is 1. The second-order valence-corrected chi connectivity index (χ2v) is 6.44. The third-order valence-electron chi connectivity index (χ3n) is 5.02. The number of fused-ring (bicyclic) bond motifs is 1. The summed E-state index contributed by atoms with van der Waals surface area (Å²) >= 11 is 0. The van der Waals surface area contributed by atoms with Crippen LogP contribution in [0, 0.1) is 0 Å². The molecule has 1 aromatic heterocycles. The summed E-state index contributed by atoms with van der Waals surface area (Å²) in [7, 11) is 0. The Kier molecular flexibility index (Phi) is 3.52. The lowest BCUT2D eigenvalue weighted by molar-refractivity contribution is 0.0733. The number of aryl methyl sites for hydroxylation is 2. The highest BCUT2D eigenvalue weighted by molar-refractivity contribution is 5.94. The van der Waals surface area contributed by atoms with Gasteiger partial charge in [0.25, 0.3) is 11.5 Å². The molecule has 0 bridgehead atoms. The molecule has 1 atom stereocenters. The van der Waals surface area contributed by atoms with Crippen molar-refractivity contribution in [3.8, 4) is 0 Å². The summed E-state index contributed by atoms with van der Waals surface area (Å²) in [5.74, 6) is -0.132. The molecule has 2 aromatic rings. The van der Waals surface area contributed by atoms with Gasteiger partial charge in [0.05, 0.1) is 6.04 Å². The van der Waals surface area contributed by atoms with Crippen LogP contribution in [0.5, 0.6) is 0 Å². The maximum atomic E-state index is 13.0. The molecule has 1 fully saturated rings. The quantitative estimate of drug-likeness (QED) is 0.927. The fourth-order valence-electron chi connectivity index (χ4n) is 3.86. The molecule has 23 heavy (non-hydrogen) atoms. The molecule has 118 valence electrons. The molecule has 1 N–H and O–H groups in total. The Morgan fingerprint density at radius 2 is 1.96 bits per heavy atom. The summed E-state index contributed by atoms with van der Waals surface area (Å²) in [5, 5.41) is 0. The number of H-pyrrole nitrogens is 1. The monoisotopic (exact) mass is 308 g/mol. The Bertz CT molecular complexity index is 795. The molecule has 4 rings (SSSR count). The fraction of sp³-hybridized carbons (Fsp3) is 0.368. The van der Waals surface area contributed by atoms with Crippen molar-refractivity contribution >= 4 is 5.91 Å². The van der Waals surface area contributed by atoms with Crippen LogP contribution < -0.4 is 5.56 Å². The third-order valence-corrected chi connectivity index (χ3v) is 5.02. The van der Waals surface area contributed by atoms with Gasteiger partial charge in [-0.1, -0.05) is 30.3 Å². The Morgan fingerprint density at radius 3 is 2.78 bits per heavy atom. The van der Waals surface area contributed by atoms with Crippen LogP contribution in [0.2, 0.25) is 0 Å². The van der Waals surface area contributed by atoms with E-state index in [1.807, 2.05) is 29.2 Å². The van der Waals surface area contributed by atoms with Crippen molar-refractivity contribution in [3.05, 3.63) is 69.1 Å². The molecule has 4 heteroatoms. The van der Waals surface area contributed by atoms with Crippen LogP contribution in [0.3, 0.4) is 0 Å². The zero-order valence-electron chi connectivity index (χ0n) is 13.0. The zero-order valence-corrected chi connectivity index (χ0v) is 13.0. The van der Waals surface area contributed by atoms with Crippen molar-refractivity contribution in [2.45, 2.75) is 38.1 Å². The third kappa shape index (κ3) is 2.48. The van der Waals surface area contributed by atoms with Crippen molar-refractivity contribution in [2.75, 3.05) is 6.54 Å². The van der Waals surface area contributed by atoms with Gasteiger partial charge in [0, 0.05) is 12.2 Å². The van der Waals surface area contributed by atoms with Crippen LogP contribution in [0.25, 0.3) is 0 Å². The minimum absolute atomic E-state index is 0.0800. The normalized spacial score (nSPS) is 19.8. The van der Waals surface area contributed by atoms with Gasteiger partial charge >= 0.3 is 0 Å². The highest BCUT2D eigenvalue weighted by Gasteiger charge is 2.32. The van der Waals surface area contributed by atoms with Crippen molar-refractivity contribution in [2.24, 2.45) is 0 Å². The van der Waals surface area contributed by atoms with Crippen molar-refractivity contribution in [1.82, 2.24) is 9.88 Å². The van der Waals surface area contributed by atoms with E-state index < -0.39 is 0 Å². The molecule has 0 radical (unpaired) electrons. The van der Waals surface area contributed by atoms with Crippen LogP contribution in [0.15, 0.2) is 41.2 Å². The number of nitrogens with zero attached hydrogens (tertiary/aromatic N) is 1. The lowest BCUT2D eigenvalue weighted by atomic mass is 10.0. The molecule has 1 aliphatic carbocycles. The largest absolute Gasteiger partial charge is 0.331 e. The number of benzene rings is 1. The number of hydrogen-bond donors (Lipinski definition) is 1. The van der Waals surface area contributed by atoms with Crippen molar-refractivity contribution in [1.29, 1.82) is 0 Å². The second kappa shape index (κ2) is 5.69. The average Bonchev–Trinajstić information content (AvgIpc) is 3.23. The molecular formula is C19H20N2O2. The Morgan fingerprint density at radius 1 is 1.13 bits per heavy atom. The zero-order chi connectivity index (χ0) is 15.8. The minimum Gasteiger partial charge on any atom is -0.331 e. The lowest BCUT2D eigenvalue weighted by Crippen LogP contribution is -2.34. The second-order valence-electron chi connectivity index (χ2n) is 6.44. The van der Waals surface area contributed by atoms with Gasteiger partial charge in [0.2, 0.25) is 0 Å². The van der Waals surface area contributed by atoms with Crippen LogP contribution in [0.4, 0.5) is 0 Å². The fourth-order valence-corrected chi connectivity index (χ4v) is 3.86. The van der Waals surface area contributed by atoms with Crippen molar-refractivity contribution < 1.29 is 4.79 Å². The highest BCUT2D eigenvalue weighted by atomic mass is 16.2. The average molecular weight is 308 g/mol. The van der Waals surface area contributed by atoms with E-state index in [0.717, 1.165) is 55.5 Å². The van der Waals surface area contributed by atoms with Gasteiger partial charge in [-0.2, -0.15) is 0 Å². The predicted octanol–water partition coefficient (Wildman–Crippen LogP) is 2.84.